The standard InChI is InChI=1S/C24H20ClN5O4/c1-14(22(31)29-24(26)33)34-23(32)18-11-20(16-5-3-2-4-6-16)28-21-19(18)12-27-30(21)13-15-7-9-17(25)10-8-15/h2-12,14H,13H2,1H3,(H3,26,29,31,33)/t14-/m1/s1. The first-order valence-corrected chi connectivity index (χ1v) is 10.7. The van der Waals surface area contributed by atoms with Crippen molar-refractivity contribution in [2.45, 2.75) is 19.6 Å². The predicted molar refractivity (Wildman–Crippen MR) is 126 cm³/mol. The van der Waals surface area contributed by atoms with E-state index in [4.69, 9.17) is 27.1 Å². The lowest BCUT2D eigenvalue weighted by Gasteiger charge is -2.13. The van der Waals surface area contributed by atoms with Crippen LogP contribution in [-0.4, -0.2) is 38.8 Å². The van der Waals surface area contributed by atoms with Gasteiger partial charge in [0, 0.05) is 10.6 Å². The maximum absolute atomic E-state index is 13.1. The molecular weight excluding hydrogens is 458 g/mol. The molecular formula is C24H20ClN5O4. The lowest BCUT2D eigenvalue weighted by Crippen LogP contribution is -2.42. The zero-order valence-corrected chi connectivity index (χ0v) is 18.8. The van der Waals surface area contributed by atoms with Gasteiger partial charge in [0.25, 0.3) is 5.91 Å². The molecule has 4 rings (SSSR count). The molecule has 0 aliphatic rings. The van der Waals surface area contributed by atoms with E-state index in [1.54, 1.807) is 22.9 Å². The molecule has 34 heavy (non-hydrogen) atoms. The molecule has 0 spiro atoms. The normalized spacial score (nSPS) is 11.7. The summed E-state index contributed by atoms with van der Waals surface area (Å²) in [5.41, 5.74) is 7.89. The molecule has 3 N–H and O–H groups in total. The number of fused-ring (bicyclic) bond motifs is 1. The summed E-state index contributed by atoms with van der Waals surface area (Å²) < 4.78 is 6.97. The largest absolute Gasteiger partial charge is 0.449 e. The number of hydrogen-bond donors (Lipinski definition) is 2. The van der Waals surface area contributed by atoms with Crippen LogP contribution in [0.2, 0.25) is 5.02 Å². The minimum atomic E-state index is -1.24. The fraction of sp³-hybridized carbons (Fsp3) is 0.125. The van der Waals surface area contributed by atoms with Crippen LogP contribution < -0.4 is 11.1 Å². The van der Waals surface area contributed by atoms with Gasteiger partial charge >= 0.3 is 12.0 Å². The number of imide groups is 1. The van der Waals surface area contributed by atoms with E-state index in [9.17, 15) is 14.4 Å². The first-order chi connectivity index (χ1) is 16.3. The predicted octanol–water partition coefficient (Wildman–Crippen LogP) is 3.54. The minimum Gasteiger partial charge on any atom is -0.449 e. The fourth-order valence-corrected chi connectivity index (χ4v) is 3.48. The van der Waals surface area contributed by atoms with E-state index >= 15 is 0 Å². The Balaban J connectivity index is 1.75. The van der Waals surface area contributed by atoms with Gasteiger partial charge in [-0.3, -0.25) is 10.1 Å². The highest BCUT2D eigenvalue weighted by molar-refractivity contribution is 6.30. The summed E-state index contributed by atoms with van der Waals surface area (Å²) in [7, 11) is 0. The third kappa shape index (κ3) is 5.05. The molecule has 2 aromatic carbocycles. The molecule has 0 saturated carbocycles. The van der Waals surface area contributed by atoms with Crippen LogP contribution in [0.15, 0.2) is 66.9 Å². The molecule has 0 aliphatic carbocycles. The number of amides is 3. The van der Waals surface area contributed by atoms with E-state index in [0.717, 1.165) is 11.1 Å². The minimum absolute atomic E-state index is 0.185. The Morgan fingerprint density at radius 3 is 2.50 bits per heavy atom. The number of aromatic nitrogens is 3. The molecule has 0 bridgehead atoms. The Kier molecular flexibility index (Phi) is 6.55. The lowest BCUT2D eigenvalue weighted by molar-refractivity contribution is -0.127. The number of pyridine rings is 1. The van der Waals surface area contributed by atoms with Crippen molar-refractivity contribution in [1.82, 2.24) is 20.1 Å². The summed E-state index contributed by atoms with van der Waals surface area (Å²) in [5.74, 6) is -1.59. The van der Waals surface area contributed by atoms with Crippen molar-refractivity contribution in [3.63, 3.8) is 0 Å². The second-order valence-corrected chi connectivity index (χ2v) is 7.92. The third-order valence-corrected chi connectivity index (χ3v) is 5.30. The zero-order chi connectivity index (χ0) is 24.2. The van der Waals surface area contributed by atoms with E-state index in [1.165, 1.54) is 13.1 Å². The van der Waals surface area contributed by atoms with Gasteiger partial charge in [0.1, 0.15) is 0 Å². The maximum Gasteiger partial charge on any atom is 0.339 e. The van der Waals surface area contributed by atoms with Crippen LogP contribution in [-0.2, 0) is 16.1 Å². The molecule has 172 valence electrons. The molecule has 0 aliphatic heterocycles. The van der Waals surface area contributed by atoms with Crippen molar-refractivity contribution in [1.29, 1.82) is 0 Å². The fourth-order valence-electron chi connectivity index (χ4n) is 3.35. The zero-order valence-electron chi connectivity index (χ0n) is 18.1. The van der Waals surface area contributed by atoms with E-state index in [-0.39, 0.29) is 5.56 Å². The number of nitrogens with one attached hydrogen (secondary N) is 1. The smallest absolute Gasteiger partial charge is 0.339 e. The summed E-state index contributed by atoms with van der Waals surface area (Å²) in [6.07, 6.45) is 0.283. The Labute approximate surface area is 199 Å². The van der Waals surface area contributed by atoms with Crippen LogP contribution in [0.1, 0.15) is 22.8 Å². The van der Waals surface area contributed by atoms with Crippen molar-refractivity contribution < 1.29 is 19.1 Å². The average Bonchev–Trinajstić information content (AvgIpc) is 3.22. The monoisotopic (exact) mass is 477 g/mol. The van der Waals surface area contributed by atoms with Gasteiger partial charge in [0.15, 0.2) is 11.8 Å². The van der Waals surface area contributed by atoms with Crippen molar-refractivity contribution in [3.05, 3.63) is 83.0 Å². The number of nitrogens with zero attached hydrogens (tertiary/aromatic N) is 3. The number of carbonyl (C=O) groups excluding carboxylic acids is 3. The number of ether oxygens (including phenoxy) is 1. The van der Waals surface area contributed by atoms with Gasteiger partial charge in [-0.25, -0.2) is 19.3 Å². The highest BCUT2D eigenvalue weighted by Gasteiger charge is 2.24. The number of halogens is 1. The highest BCUT2D eigenvalue weighted by Crippen LogP contribution is 2.26. The lowest BCUT2D eigenvalue weighted by atomic mass is 10.1. The molecule has 0 radical (unpaired) electrons. The molecule has 0 unspecified atom stereocenters. The van der Waals surface area contributed by atoms with Crippen molar-refractivity contribution in [3.8, 4) is 11.3 Å². The van der Waals surface area contributed by atoms with Gasteiger partial charge in [0.05, 0.1) is 29.4 Å². The number of esters is 1. The molecule has 2 aromatic heterocycles. The van der Waals surface area contributed by atoms with Crippen LogP contribution in [0.3, 0.4) is 0 Å². The number of benzene rings is 2. The van der Waals surface area contributed by atoms with Crippen LogP contribution in [0, 0.1) is 0 Å². The molecule has 10 heteroatoms. The van der Waals surface area contributed by atoms with Gasteiger partial charge in [-0.05, 0) is 30.7 Å². The van der Waals surface area contributed by atoms with Crippen molar-refractivity contribution >= 4 is 40.5 Å². The molecule has 2 heterocycles. The van der Waals surface area contributed by atoms with E-state index in [0.29, 0.717) is 28.3 Å². The summed E-state index contributed by atoms with van der Waals surface area (Å²) in [5, 5.41) is 7.39. The molecule has 0 saturated heterocycles. The van der Waals surface area contributed by atoms with Crippen LogP contribution >= 0.6 is 11.6 Å². The quantitative estimate of drug-likeness (QED) is 0.408. The van der Waals surface area contributed by atoms with Crippen LogP contribution in [0.25, 0.3) is 22.3 Å². The molecule has 0 fully saturated rings. The summed E-state index contributed by atoms with van der Waals surface area (Å²) >= 11 is 5.98. The summed E-state index contributed by atoms with van der Waals surface area (Å²) in [6.45, 7) is 1.74. The number of primary amides is 1. The summed E-state index contributed by atoms with van der Waals surface area (Å²) in [6, 6.07) is 17.2. The van der Waals surface area contributed by atoms with Gasteiger partial charge in [-0.15, -0.1) is 0 Å². The second-order valence-electron chi connectivity index (χ2n) is 7.49. The van der Waals surface area contributed by atoms with E-state index in [1.807, 2.05) is 47.8 Å². The molecule has 1 atom stereocenters. The first-order valence-electron chi connectivity index (χ1n) is 10.3. The Bertz CT molecular complexity index is 1370. The number of carbonyl (C=O) groups is 3. The van der Waals surface area contributed by atoms with Crippen LogP contribution in [0.5, 0.6) is 0 Å². The maximum atomic E-state index is 13.1. The molecule has 9 nitrogen and oxygen atoms in total. The Hall–Kier alpha value is -4.24. The van der Waals surface area contributed by atoms with Gasteiger partial charge in [-0.1, -0.05) is 54.1 Å². The average molecular weight is 478 g/mol. The summed E-state index contributed by atoms with van der Waals surface area (Å²) in [4.78, 5) is 40.7. The first kappa shape index (κ1) is 22.9. The van der Waals surface area contributed by atoms with E-state index < -0.39 is 24.0 Å². The van der Waals surface area contributed by atoms with E-state index in [2.05, 4.69) is 5.10 Å². The van der Waals surface area contributed by atoms with Gasteiger partial charge in [0.2, 0.25) is 0 Å². The molecule has 4 aromatic rings. The SMILES string of the molecule is C[C@@H](OC(=O)c1cc(-c2ccccc2)nc2c1cnn2Cc1ccc(Cl)cc1)C(=O)NC(N)=O. The topological polar surface area (TPSA) is 129 Å². The van der Waals surface area contributed by atoms with Crippen molar-refractivity contribution in [2.24, 2.45) is 5.73 Å². The highest BCUT2D eigenvalue weighted by atomic mass is 35.5. The number of nitrogens with two attached hydrogens (primary N) is 1. The van der Waals surface area contributed by atoms with Gasteiger partial charge < -0.3 is 10.5 Å². The van der Waals surface area contributed by atoms with Crippen molar-refractivity contribution in [2.75, 3.05) is 0 Å². The second kappa shape index (κ2) is 9.72. The number of hydrogen-bond acceptors (Lipinski definition) is 6. The number of rotatable bonds is 6. The molecule has 3 amide bonds. The Morgan fingerprint density at radius 1 is 1.12 bits per heavy atom. The number of urea groups is 1. The Morgan fingerprint density at radius 2 is 1.82 bits per heavy atom. The van der Waals surface area contributed by atoms with Crippen LogP contribution in [0.4, 0.5) is 4.79 Å². The third-order valence-electron chi connectivity index (χ3n) is 5.04. The van der Waals surface area contributed by atoms with Gasteiger partial charge in [-0.2, -0.15) is 5.10 Å².